The first-order valence-corrected chi connectivity index (χ1v) is 7.28. The molecule has 4 heteroatoms. The summed E-state index contributed by atoms with van der Waals surface area (Å²) in [6.45, 7) is 14.6. The highest BCUT2D eigenvalue weighted by atomic mass is 16.5. The minimum Gasteiger partial charge on any atom is -0.379 e. The Kier molecular flexibility index (Phi) is 7.82. The van der Waals surface area contributed by atoms with E-state index in [9.17, 15) is 0 Å². The first-order chi connectivity index (χ1) is 8.58. The number of morpholine rings is 1. The molecule has 2 unspecified atom stereocenters. The lowest BCUT2D eigenvalue weighted by Crippen LogP contribution is -2.47. The Morgan fingerprint density at radius 2 is 1.89 bits per heavy atom. The molecule has 2 atom stereocenters. The average Bonchev–Trinajstić information content (AvgIpc) is 2.26. The van der Waals surface area contributed by atoms with E-state index in [1.54, 1.807) is 0 Å². The van der Waals surface area contributed by atoms with Gasteiger partial charge in [0, 0.05) is 32.8 Å². The molecule has 1 N–H and O–H groups in total. The van der Waals surface area contributed by atoms with Crippen LogP contribution in [0.1, 0.15) is 34.1 Å². The maximum atomic E-state index is 5.72. The van der Waals surface area contributed by atoms with Gasteiger partial charge < -0.3 is 14.8 Å². The molecule has 0 aliphatic carbocycles. The Bertz CT molecular complexity index is 202. The van der Waals surface area contributed by atoms with Crippen LogP contribution in [0.4, 0.5) is 0 Å². The fourth-order valence-electron chi connectivity index (χ4n) is 2.35. The van der Waals surface area contributed by atoms with Gasteiger partial charge in [0.1, 0.15) is 0 Å². The average molecular weight is 258 g/mol. The van der Waals surface area contributed by atoms with Crippen molar-refractivity contribution in [3.8, 4) is 0 Å². The van der Waals surface area contributed by atoms with Gasteiger partial charge >= 0.3 is 0 Å². The van der Waals surface area contributed by atoms with Crippen molar-refractivity contribution in [1.82, 2.24) is 10.2 Å². The fraction of sp³-hybridized carbons (Fsp3) is 1.00. The Hall–Kier alpha value is -0.160. The second-order valence-electron chi connectivity index (χ2n) is 5.54. The molecule has 4 nitrogen and oxygen atoms in total. The number of hydrogen-bond donors (Lipinski definition) is 1. The van der Waals surface area contributed by atoms with E-state index in [1.807, 2.05) is 0 Å². The molecule has 1 aliphatic rings. The molecule has 0 radical (unpaired) electrons. The molecule has 0 bridgehead atoms. The van der Waals surface area contributed by atoms with Crippen molar-refractivity contribution in [3.63, 3.8) is 0 Å². The number of nitrogens with one attached hydrogen (secondary N) is 1. The summed E-state index contributed by atoms with van der Waals surface area (Å²) < 4.78 is 11.2. The standard InChI is InChI=1S/C14H30N2O2/c1-12(2)17-9-5-6-15-7-8-16-10-13(3)18-14(4)11-16/h12-15H,5-11H2,1-4H3. The first-order valence-electron chi connectivity index (χ1n) is 7.28. The van der Waals surface area contributed by atoms with Gasteiger partial charge in [0.25, 0.3) is 0 Å². The second-order valence-corrected chi connectivity index (χ2v) is 5.54. The van der Waals surface area contributed by atoms with E-state index < -0.39 is 0 Å². The molecule has 0 aromatic heterocycles. The monoisotopic (exact) mass is 258 g/mol. The molecule has 108 valence electrons. The largest absolute Gasteiger partial charge is 0.379 e. The number of ether oxygens (including phenoxy) is 2. The smallest absolute Gasteiger partial charge is 0.0678 e. The van der Waals surface area contributed by atoms with Crippen molar-refractivity contribution in [1.29, 1.82) is 0 Å². The summed E-state index contributed by atoms with van der Waals surface area (Å²) in [6.07, 6.45) is 2.18. The second kappa shape index (κ2) is 8.86. The maximum absolute atomic E-state index is 5.72. The molecular formula is C14H30N2O2. The van der Waals surface area contributed by atoms with Crippen LogP contribution >= 0.6 is 0 Å². The van der Waals surface area contributed by atoms with Crippen LogP contribution in [0.5, 0.6) is 0 Å². The van der Waals surface area contributed by atoms with Crippen LogP contribution in [-0.4, -0.2) is 62.5 Å². The van der Waals surface area contributed by atoms with Crippen molar-refractivity contribution in [2.45, 2.75) is 52.4 Å². The van der Waals surface area contributed by atoms with E-state index in [-0.39, 0.29) is 0 Å². The lowest BCUT2D eigenvalue weighted by Gasteiger charge is -2.35. The third-order valence-corrected chi connectivity index (χ3v) is 3.05. The summed E-state index contributed by atoms with van der Waals surface area (Å²) in [4.78, 5) is 2.48. The molecule has 0 amide bonds. The number of nitrogens with zero attached hydrogens (tertiary/aromatic N) is 1. The van der Waals surface area contributed by atoms with Gasteiger partial charge in [-0.3, -0.25) is 4.90 Å². The highest BCUT2D eigenvalue weighted by Crippen LogP contribution is 2.09. The van der Waals surface area contributed by atoms with Crippen LogP contribution in [0, 0.1) is 0 Å². The summed E-state index contributed by atoms with van der Waals surface area (Å²) in [5.74, 6) is 0. The lowest BCUT2D eigenvalue weighted by molar-refractivity contribution is -0.0674. The summed E-state index contributed by atoms with van der Waals surface area (Å²) in [5, 5.41) is 3.47. The van der Waals surface area contributed by atoms with Crippen LogP contribution in [0.25, 0.3) is 0 Å². The Morgan fingerprint density at radius 3 is 2.50 bits per heavy atom. The number of hydrogen-bond acceptors (Lipinski definition) is 4. The molecule has 0 aromatic carbocycles. The van der Waals surface area contributed by atoms with E-state index in [1.165, 1.54) is 0 Å². The minimum absolute atomic E-state index is 0.348. The first kappa shape index (κ1) is 15.9. The normalized spacial score (nSPS) is 25.8. The van der Waals surface area contributed by atoms with E-state index in [0.29, 0.717) is 18.3 Å². The predicted octanol–water partition coefficient (Wildman–Crippen LogP) is 1.50. The Labute approximate surface area is 112 Å². The summed E-state index contributed by atoms with van der Waals surface area (Å²) >= 11 is 0. The molecule has 1 aliphatic heterocycles. The molecule has 1 saturated heterocycles. The van der Waals surface area contributed by atoms with E-state index in [2.05, 4.69) is 37.9 Å². The quantitative estimate of drug-likeness (QED) is 0.669. The third kappa shape index (κ3) is 7.31. The fourth-order valence-corrected chi connectivity index (χ4v) is 2.35. The zero-order chi connectivity index (χ0) is 13.4. The van der Waals surface area contributed by atoms with Crippen LogP contribution in [-0.2, 0) is 9.47 Å². The molecule has 18 heavy (non-hydrogen) atoms. The van der Waals surface area contributed by atoms with Crippen molar-refractivity contribution in [2.75, 3.05) is 39.3 Å². The molecule has 1 rings (SSSR count). The lowest BCUT2D eigenvalue weighted by atomic mass is 10.2. The van der Waals surface area contributed by atoms with Gasteiger partial charge in [-0.15, -0.1) is 0 Å². The van der Waals surface area contributed by atoms with Gasteiger partial charge in [0.05, 0.1) is 18.3 Å². The van der Waals surface area contributed by atoms with Gasteiger partial charge in [0.2, 0.25) is 0 Å². The predicted molar refractivity (Wildman–Crippen MR) is 75.0 cm³/mol. The van der Waals surface area contributed by atoms with Crippen LogP contribution in [0.3, 0.4) is 0 Å². The van der Waals surface area contributed by atoms with Gasteiger partial charge in [0.15, 0.2) is 0 Å². The highest BCUT2D eigenvalue weighted by Gasteiger charge is 2.21. The van der Waals surface area contributed by atoms with Gasteiger partial charge in [-0.05, 0) is 40.7 Å². The summed E-state index contributed by atoms with van der Waals surface area (Å²) in [7, 11) is 0. The third-order valence-electron chi connectivity index (χ3n) is 3.05. The SMILES string of the molecule is CC(C)OCCCNCCN1CC(C)OC(C)C1. The van der Waals surface area contributed by atoms with Crippen LogP contribution in [0.15, 0.2) is 0 Å². The number of rotatable bonds is 8. The Balaban J connectivity index is 1.94. The van der Waals surface area contributed by atoms with Crippen molar-refractivity contribution >= 4 is 0 Å². The van der Waals surface area contributed by atoms with Gasteiger partial charge in [-0.1, -0.05) is 0 Å². The molecule has 0 aromatic rings. The summed E-state index contributed by atoms with van der Waals surface area (Å²) in [6, 6.07) is 0. The van der Waals surface area contributed by atoms with Crippen molar-refractivity contribution < 1.29 is 9.47 Å². The van der Waals surface area contributed by atoms with Gasteiger partial charge in [-0.2, -0.15) is 0 Å². The molecule has 0 spiro atoms. The van der Waals surface area contributed by atoms with E-state index >= 15 is 0 Å². The zero-order valence-electron chi connectivity index (χ0n) is 12.4. The maximum Gasteiger partial charge on any atom is 0.0678 e. The molecular weight excluding hydrogens is 228 g/mol. The van der Waals surface area contributed by atoms with E-state index in [0.717, 1.165) is 45.8 Å². The molecule has 1 fully saturated rings. The zero-order valence-corrected chi connectivity index (χ0v) is 12.4. The van der Waals surface area contributed by atoms with E-state index in [4.69, 9.17) is 9.47 Å². The van der Waals surface area contributed by atoms with Crippen LogP contribution in [0.2, 0.25) is 0 Å². The minimum atomic E-state index is 0.348. The molecule has 0 saturated carbocycles. The molecule has 1 heterocycles. The highest BCUT2D eigenvalue weighted by molar-refractivity contribution is 4.73. The Morgan fingerprint density at radius 1 is 1.22 bits per heavy atom. The van der Waals surface area contributed by atoms with Crippen molar-refractivity contribution in [3.05, 3.63) is 0 Å². The topological polar surface area (TPSA) is 33.7 Å². The van der Waals surface area contributed by atoms with Crippen molar-refractivity contribution in [2.24, 2.45) is 0 Å². The summed E-state index contributed by atoms with van der Waals surface area (Å²) in [5.41, 5.74) is 0. The van der Waals surface area contributed by atoms with Crippen LogP contribution < -0.4 is 5.32 Å². The van der Waals surface area contributed by atoms with Gasteiger partial charge in [-0.25, -0.2) is 0 Å².